The van der Waals surface area contributed by atoms with Crippen molar-refractivity contribution in [1.82, 2.24) is 15.0 Å². The molecule has 0 aliphatic carbocycles. The minimum absolute atomic E-state index is 0.0126. The topological polar surface area (TPSA) is 134 Å². The van der Waals surface area contributed by atoms with Crippen molar-refractivity contribution in [3.63, 3.8) is 0 Å². The first kappa shape index (κ1) is 19.5. The fourth-order valence-corrected chi connectivity index (χ4v) is 3.36. The van der Waals surface area contributed by atoms with Gasteiger partial charge in [-0.3, -0.25) is 4.55 Å². The monoisotopic (exact) mass is 421 g/mol. The van der Waals surface area contributed by atoms with Crippen LogP contribution >= 0.6 is 0 Å². The van der Waals surface area contributed by atoms with Crippen molar-refractivity contribution >= 4 is 10.1 Å². The van der Waals surface area contributed by atoms with Gasteiger partial charge in [0.15, 0.2) is 17.5 Å². The number of hydrogen-bond acceptors (Lipinski definition) is 7. The maximum atomic E-state index is 11.5. The molecule has 4 rings (SSSR count). The van der Waals surface area contributed by atoms with Crippen LogP contribution in [0, 0.1) is 0 Å². The Balaban J connectivity index is 1.99. The van der Waals surface area contributed by atoms with Gasteiger partial charge in [0.05, 0.1) is 16.0 Å². The van der Waals surface area contributed by atoms with Gasteiger partial charge in [-0.15, -0.1) is 0 Å². The average Bonchev–Trinajstić information content (AvgIpc) is 2.74. The van der Waals surface area contributed by atoms with E-state index in [-0.39, 0.29) is 34.5 Å². The molecule has 0 unspecified atom stereocenters. The van der Waals surface area contributed by atoms with Gasteiger partial charge in [-0.25, -0.2) is 15.0 Å². The molecule has 0 aliphatic heterocycles. The first-order valence-corrected chi connectivity index (χ1v) is 10.2. The summed E-state index contributed by atoms with van der Waals surface area (Å²) >= 11 is 0. The van der Waals surface area contributed by atoms with Gasteiger partial charge in [-0.1, -0.05) is 42.5 Å². The van der Waals surface area contributed by atoms with Crippen molar-refractivity contribution < 1.29 is 23.2 Å². The lowest BCUT2D eigenvalue weighted by Crippen LogP contribution is -2.02. The first-order valence-electron chi connectivity index (χ1n) is 8.73. The van der Waals surface area contributed by atoms with Gasteiger partial charge in [0.2, 0.25) is 0 Å². The second-order valence-corrected chi connectivity index (χ2v) is 7.76. The van der Waals surface area contributed by atoms with Crippen LogP contribution in [0.5, 0.6) is 11.5 Å². The third-order valence-electron chi connectivity index (χ3n) is 4.32. The fourth-order valence-electron chi connectivity index (χ4n) is 2.85. The molecular formula is C21H15N3O5S. The molecule has 0 aliphatic rings. The molecule has 0 radical (unpaired) electrons. The standard InChI is InChI=1S/C21H15N3O5S/c25-17-9-5-4-8-15(17)20-22-19(13-6-2-1-3-7-13)23-21(24-20)16-12-14(30(27,28)29)10-11-18(16)26/h1-12,25-26H,(H,27,28,29). The zero-order valence-electron chi connectivity index (χ0n) is 15.3. The minimum atomic E-state index is -4.50. The Morgan fingerprint density at radius 3 is 1.87 bits per heavy atom. The predicted molar refractivity (Wildman–Crippen MR) is 109 cm³/mol. The van der Waals surface area contributed by atoms with E-state index in [4.69, 9.17) is 0 Å². The second-order valence-electron chi connectivity index (χ2n) is 6.34. The maximum Gasteiger partial charge on any atom is 0.294 e. The van der Waals surface area contributed by atoms with E-state index in [2.05, 4.69) is 15.0 Å². The number of phenolic OH excluding ortho intramolecular Hbond substituents is 2. The highest BCUT2D eigenvalue weighted by Gasteiger charge is 2.19. The number of rotatable bonds is 4. The summed E-state index contributed by atoms with van der Waals surface area (Å²) in [4.78, 5) is 12.7. The number of para-hydroxylation sites is 1. The smallest absolute Gasteiger partial charge is 0.294 e. The maximum absolute atomic E-state index is 11.5. The minimum Gasteiger partial charge on any atom is -0.507 e. The highest BCUT2D eigenvalue weighted by Crippen LogP contribution is 2.33. The lowest BCUT2D eigenvalue weighted by atomic mass is 10.1. The molecule has 0 bridgehead atoms. The highest BCUT2D eigenvalue weighted by molar-refractivity contribution is 7.85. The van der Waals surface area contributed by atoms with Gasteiger partial charge in [0, 0.05) is 5.56 Å². The molecule has 0 saturated heterocycles. The van der Waals surface area contributed by atoms with Crippen molar-refractivity contribution in [2.24, 2.45) is 0 Å². The van der Waals surface area contributed by atoms with Gasteiger partial charge < -0.3 is 10.2 Å². The van der Waals surface area contributed by atoms with Crippen LogP contribution in [0.2, 0.25) is 0 Å². The van der Waals surface area contributed by atoms with Crippen molar-refractivity contribution in [2.45, 2.75) is 4.90 Å². The highest BCUT2D eigenvalue weighted by atomic mass is 32.2. The van der Waals surface area contributed by atoms with E-state index in [9.17, 15) is 23.2 Å². The number of aromatic hydroxyl groups is 2. The van der Waals surface area contributed by atoms with Crippen LogP contribution in [0.25, 0.3) is 34.2 Å². The summed E-state index contributed by atoms with van der Waals surface area (Å²) in [5.74, 6) is 0.0367. The number of hydrogen-bond donors (Lipinski definition) is 3. The molecule has 0 fully saturated rings. The average molecular weight is 421 g/mol. The lowest BCUT2D eigenvalue weighted by molar-refractivity contribution is 0.474. The normalized spacial score (nSPS) is 11.4. The van der Waals surface area contributed by atoms with E-state index in [0.717, 1.165) is 18.2 Å². The van der Waals surface area contributed by atoms with E-state index in [1.807, 2.05) is 6.07 Å². The summed E-state index contributed by atoms with van der Waals surface area (Å²) in [5, 5.41) is 20.5. The van der Waals surface area contributed by atoms with Crippen molar-refractivity contribution in [1.29, 1.82) is 0 Å². The summed E-state index contributed by atoms with van der Waals surface area (Å²) in [6, 6.07) is 18.7. The third-order valence-corrected chi connectivity index (χ3v) is 5.17. The van der Waals surface area contributed by atoms with Crippen LogP contribution in [0.4, 0.5) is 0 Å². The van der Waals surface area contributed by atoms with Crippen LogP contribution in [-0.4, -0.2) is 38.1 Å². The van der Waals surface area contributed by atoms with Gasteiger partial charge in [0.25, 0.3) is 10.1 Å². The van der Waals surface area contributed by atoms with Crippen LogP contribution < -0.4 is 0 Å². The molecule has 0 spiro atoms. The molecule has 150 valence electrons. The molecule has 9 heteroatoms. The van der Waals surface area contributed by atoms with Crippen molar-refractivity contribution in [3.05, 3.63) is 72.8 Å². The summed E-state index contributed by atoms with van der Waals surface area (Å²) in [6.45, 7) is 0. The molecule has 0 saturated carbocycles. The van der Waals surface area contributed by atoms with E-state index < -0.39 is 15.0 Å². The Hall–Kier alpha value is -3.82. The molecule has 1 aromatic heterocycles. The van der Waals surface area contributed by atoms with E-state index >= 15 is 0 Å². The van der Waals surface area contributed by atoms with E-state index in [1.165, 1.54) is 6.07 Å². The molecule has 30 heavy (non-hydrogen) atoms. The summed E-state index contributed by atoms with van der Waals surface area (Å²) < 4.78 is 32.4. The molecular weight excluding hydrogens is 406 g/mol. The van der Waals surface area contributed by atoms with Gasteiger partial charge in [0.1, 0.15) is 11.5 Å². The van der Waals surface area contributed by atoms with Crippen molar-refractivity contribution in [3.8, 4) is 45.7 Å². The largest absolute Gasteiger partial charge is 0.507 e. The van der Waals surface area contributed by atoms with Gasteiger partial charge in [-0.2, -0.15) is 8.42 Å². The summed E-state index contributed by atoms with van der Waals surface area (Å²) in [6.07, 6.45) is 0. The Morgan fingerprint density at radius 2 is 1.20 bits per heavy atom. The molecule has 0 amide bonds. The molecule has 3 N–H and O–H groups in total. The van der Waals surface area contributed by atoms with Gasteiger partial charge in [-0.05, 0) is 30.3 Å². The molecule has 4 aromatic rings. The second kappa shape index (κ2) is 7.54. The predicted octanol–water partition coefficient (Wildman–Crippen LogP) is 3.53. The van der Waals surface area contributed by atoms with Crippen LogP contribution in [0.3, 0.4) is 0 Å². The third kappa shape index (κ3) is 3.84. The van der Waals surface area contributed by atoms with Gasteiger partial charge >= 0.3 is 0 Å². The first-order chi connectivity index (χ1) is 14.3. The fraction of sp³-hybridized carbons (Fsp3) is 0. The van der Waals surface area contributed by atoms with E-state index in [1.54, 1.807) is 42.5 Å². The summed E-state index contributed by atoms with van der Waals surface area (Å²) in [5.41, 5.74) is 0.980. The quantitative estimate of drug-likeness (QED) is 0.426. The zero-order valence-corrected chi connectivity index (χ0v) is 16.2. The van der Waals surface area contributed by atoms with Crippen molar-refractivity contribution in [2.75, 3.05) is 0 Å². The Bertz CT molecular complexity index is 1340. The number of benzene rings is 3. The SMILES string of the molecule is O=S(=O)(O)c1ccc(O)c(-c2nc(-c3ccccc3)nc(-c3ccccc3O)n2)c1. The van der Waals surface area contributed by atoms with Crippen LogP contribution in [0.15, 0.2) is 77.7 Å². The van der Waals surface area contributed by atoms with Crippen LogP contribution in [-0.2, 0) is 10.1 Å². The number of aromatic nitrogens is 3. The Labute approximate surface area is 171 Å². The number of nitrogens with zero attached hydrogens (tertiary/aromatic N) is 3. The zero-order chi connectivity index (χ0) is 21.3. The summed E-state index contributed by atoms with van der Waals surface area (Å²) in [7, 11) is -4.50. The molecule has 8 nitrogen and oxygen atoms in total. The lowest BCUT2D eigenvalue weighted by Gasteiger charge is -2.10. The van der Waals surface area contributed by atoms with Crippen LogP contribution in [0.1, 0.15) is 0 Å². The molecule has 0 atom stereocenters. The van der Waals surface area contributed by atoms with E-state index in [0.29, 0.717) is 11.1 Å². The molecule has 1 heterocycles. The molecule has 3 aromatic carbocycles. The Morgan fingerprint density at radius 1 is 0.633 bits per heavy atom. The number of phenols is 2. The Kier molecular flexibility index (Phi) is 4.90.